The van der Waals surface area contributed by atoms with Gasteiger partial charge >= 0.3 is 5.97 Å². The minimum atomic E-state index is -1.80. The van der Waals surface area contributed by atoms with Crippen LogP contribution in [-0.2, 0) is 38.0 Å². The quantitative estimate of drug-likeness (QED) is 0.151. The molecule has 6 N–H and O–H groups in total. The number of aliphatic hydroxyl groups is 4. The van der Waals surface area contributed by atoms with Crippen molar-refractivity contribution in [1.82, 2.24) is 9.80 Å². The molecule has 0 bridgehead atoms. The fourth-order valence-electron chi connectivity index (χ4n) is 9.21. The highest BCUT2D eigenvalue weighted by Crippen LogP contribution is 2.40. The van der Waals surface area contributed by atoms with E-state index in [1.54, 1.807) is 34.6 Å². The number of likely N-dealkylation sites (N-methyl/N-ethyl adjacent to an activating group) is 2. The van der Waals surface area contributed by atoms with Crippen molar-refractivity contribution in [2.45, 2.75) is 192 Å². The van der Waals surface area contributed by atoms with Crippen molar-refractivity contribution in [3.63, 3.8) is 0 Å². The Kier molecular flexibility index (Phi) is 18.0. The molecule has 0 spiro atoms. The highest BCUT2D eigenvalue weighted by molar-refractivity contribution is 5.73. The van der Waals surface area contributed by atoms with Gasteiger partial charge in [0.05, 0.1) is 41.5 Å². The van der Waals surface area contributed by atoms with Crippen LogP contribution in [0, 0.1) is 17.8 Å². The summed E-state index contributed by atoms with van der Waals surface area (Å²) in [5.41, 5.74) is 1.50. The van der Waals surface area contributed by atoms with E-state index >= 15 is 0 Å². The summed E-state index contributed by atoms with van der Waals surface area (Å²) < 4.78 is 44.9. The molecule has 3 heterocycles. The van der Waals surface area contributed by atoms with Crippen LogP contribution in [-0.4, -0.2) is 174 Å². The van der Waals surface area contributed by atoms with Gasteiger partial charge in [-0.1, -0.05) is 20.8 Å². The molecule has 1 unspecified atom stereocenters. The summed E-state index contributed by atoms with van der Waals surface area (Å²) in [7, 11) is 7.37. The molecule has 18 atom stereocenters. The summed E-state index contributed by atoms with van der Waals surface area (Å²) >= 11 is 0. The lowest BCUT2D eigenvalue weighted by molar-refractivity contribution is -0.321. The lowest BCUT2D eigenvalue weighted by atomic mass is 9.77. The number of hydrogen-bond acceptors (Lipinski definition) is 15. The number of hydrogen-bond donors (Lipinski definition) is 5. The first-order valence-electron chi connectivity index (χ1n) is 20.8. The molecule has 15 nitrogen and oxygen atoms in total. The van der Waals surface area contributed by atoms with Gasteiger partial charge in [-0.15, -0.1) is 0 Å². The van der Waals surface area contributed by atoms with E-state index in [0.29, 0.717) is 32.5 Å². The van der Waals surface area contributed by atoms with E-state index in [2.05, 4.69) is 4.90 Å². The molecule has 3 saturated heterocycles. The largest absolute Gasteiger partial charge is 0.459 e. The van der Waals surface area contributed by atoms with Crippen LogP contribution in [0.4, 0.5) is 0 Å². The molecule has 15 heteroatoms. The van der Waals surface area contributed by atoms with E-state index in [-0.39, 0.29) is 37.3 Å². The monoisotopic (exact) mass is 806 g/mol. The van der Waals surface area contributed by atoms with Gasteiger partial charge in [0.25, 0.3) is 0 Å². The smallest absolute Gasteiger partial charge is 0.311 e. The fourth-order valence-corrected chi connectivity index (χ4v) is 9.21. The number of carbonyl (C=O) groups is 1. The number of cyclic esters (lactones) is 1. The Morgan fingerprint density at radius 2 is 1.61 bits per heavy atom. The molecule has 0 saturated carbocycles. The van der Waals surface area contributed by atoms with Crippen LogP contribution in [0.5, 0.6) is 0 Å². The lowest BCUT2D eigenvalue weighted by Crippen LogP contribution is -2.61. The Balaban J connectivity index is 2.21. The topological polar surface area (TPSA) is 195 Å². The Bertz CT molecular complexity index is 1210. The summed E-state index contributed by atoms with van der Waals surface area (Å²) in [5, 5.41) is 47.1. The molecule has 0 radical (unpaired) electrons. The van der Waals surface area contributed by atoms with Gasteiger partial charge in [-0.05, 0) is 108 Å². The molecule has 3 aliphatic heterocycles. The van der Waals surface area contributed by atoms with Crippen LogP contribution in [0.25, 0.3) is 0 Å². The first-order valence-corrected chi connectivity index (χ1v) is 20.8. The van der Waals surface area contributed by atoms with Gasteiger partial charge in [0.15, 0.2) is 12.6 Å². The number of rotatable bonds is 11. The van der Waals surface area contributed by atoms with Gasteiger partial charge in [0.1, 0.15) is 30.0 Å². The average Bonchev–Trinajstić information content (AvgIpc) is 3.12. The third-order valence-corrected chi connectivity index (χ3v) is 12.8. The van der Waals surface area contributed by atoms with Crippen molar-refractivity contribution >= 4 is 5.97 Å². The van der Waals surface area contributed by atoms with E-state index in [4.69, 9.17) is 38.9 Å². The number of ether oxygens (including phenoxy) is 7. The Hall–Kier alpha value is -1.05. The maximum atomic E-state index is 14.4. The molecule has 3 aliphatic rings. The number of esters is 1. The summed E-state index contributed by atoms with van der Waals surface area (Å²) in [6.07, 6.45) is -6.49. The van der Waals surface area contributed by atoms with Crippen molar-refractivity contribution < 1.29 is 58.4 Å². The van der Waals surface area contributed by atoms with Crippen molar-refractivity contribution in [3.8, 4) is 0 Å². The zero-order valence-electron chi connectivity index (χ0n) is 36.8. The van der Waals surface area contributed by atoms with Gasteiger partial charge in [0, 0.05) is 44.7 Å². The number of nitrogens with zero attached hydrogens (tertiary/aromatic N) is 2. The molecule has 0 aromatic rings. The van der Waals surface area contributed by atoms with E-state index in [0.717, 1.165) is 0 Å². The van der Waals surface area contributed by atoms with Crippen LogP contribution in [0.2, 0.25) is 0 Å². The van der Waals surface area contributed by atoms with Gasteiger partial charge in [-0.25, -0.2) is 0 Å². The van der Waals surface area contributed by atoms with E-state index in [1.165, 1.54) is 14.0 Å². The van der Waals surface area contributed by atoms with E-state index in [9.17, 15) is 25.2 Å². The Morgan fingerprint density at radius 3 is 2.18 bits per heavy atom. The van der Waals surface area contributed by atoms with Crippen LogP contribution in [0.1, 0.15) is 101 Å². The van der Waals surface area contributed by atoms with Crippen molar-refractivity contribution in [1.29, 1.82) is 0 Å². The van der Waals surface area contributed by atoms with Crippen LogP contribution in [0.3, 0.4) is 0 Å². The Morgan fingerprint density at radius 1 is 0.964 bits per heavy atom. The average molecular weight is 806 g/mol. The molecule has 0 aromatic heterocycles. The van der Waals surface area contributed by atoms with Crippen LogP contribution < -0.4 is 5.73 Å². The molecule has 56 heavy (non-hydrogen) atoms. The minimum absolute atomic E-state index is 0.0699. The summed E-state index contributed by atoms with van der Waals surface area (Å²) in [5.74, 6) is -2.50. The summed E-state index contributed by atoms with van der Waals surface area (Å²) in [6.45, 7) is 19.2. The van der Waals surface area contributed by atoms with Gasteiger partial charge in [-0.2, -0.15) is 0 Å². The SMILES string of the molecule is CC[C@H]1OC(=O)[C@H](C)[C@@H](O[C@H]2C[C@@](C)(OC)[C@@H](O)[C@H](C)O2)[C@H](C)[C@@H](OC2O[C@H](C)C[C@H](N(C)C)[C@H]2OCCCN)[C@](C)(O)C[C@@H](C)CN(C)[C@H](C)[C@@H](O)[C@]1(C)O. The van der Waals surface area contributed by atoms with Crippen LogP contribution in [0.15, 0.2) is 0 Å². The van der Waals surface area contributed by atoms with Gasteiger partial charge in [-0.3, -0.25) is 4.79 Å². The maximum Gasteiger partial charge on any atom is 0.311 e. The molecule has 0 amide bonds. The number of carbonyl (C=O) groups excluding carboxylic acids is 1. The van der Waals surface area contributed by atoms with Gasteiger partial charge < -0.3 is 69.1 Å². The highest BCUT2D eigenvalue weighted by atomic mass is 16.7. The Labute approximate surface area is 336 Å². The second-order valence-corrected chi connectivity index (χ2v) is 18.2. The molecular weight excluding hydrogens is 726 g/mol. The highest BCUT2D eigenvalue weighted by Gasteiger charge is 2.53. The molecular formula is C41H79N3O12. The maximum absolute atomic E-state index is 14.4. The first-order chi connectivity index (χ1) is 25.9. The van der Waals surface area contributed by atoms with Gasteiger partial charge in [0.2, 0.25) is 0 Å². The minimum Gasteiger partial charge on any atom is -0.459 e. The third-order valence-electron chi connectivity index (χ3n) is 12.8. The number of nitrogens with two attached hydrogens (primary N) is 1. The number of aliphatic hydroxyl groups excluding tert-OH is 2. The zero-order chi connectivity index (χ0) is 42.5. The van der Waals surface area contributed by atoms with E-state index < -0.39 is 96.0 Å². The zero-order valence-corrected chi connectivity index (χ0v) is 36.8. The van der Waals surface area contributed by atoms with E-state index in [1.807, 2.05) is 53.7 Å². The first kappa shape index (κ1) is 49.3. The predicted molar refractivity (Wildman–Crippen MR) is 212 cm³/mol. The molecule has 0 aliphatic carbocycles. The standard InChI is InChI=1S/C41H79N3O12/c1-15-30-41(10,49)34(45)27(6)44(13)22-23(2)20-39(8,48)36(56-38-33(51-18-16-17-42)29(43(11)12)19-24(3)52-38)25(4)32(26(5)37(47)54-30)55-31-21-40(9,50-14)35(46)28(7)53-31/h23-36,38,45-46,48-49H,15-22,42H2,1-14H3/t23-,24-,25+,26-,27-,28+,29+,30-,31+,32+,33-,34-,35+,36-,38?,39-,40-,41-/m1/s1. The van der Waals surface area contributed by atoms with Crippen molar-refractivity contribution in [2.24, 2.45) is 23.5 Å². The second kappa shape index (κ2) is 20.5. The number of methoxy groups -OCH3 is 1. The molecule has 3 fully saturated rings. The van der Waals surface area contributed by atoms with Crippen LogP contribution >= 0.6 is 0 Å². The molecule has 3 rings (SSSR count). The van der Waals surface area contributed by atoms with Crippen molar-refractivity contribution in [2.75, 3.05) is 47.9 Å². The summed E-state index contributed by atoms with van der Waals surface area (Å²) in [4.78, 5) is 18.4. The predicted octanol–water partition coefficient (Wildman–Crippen LogP) is 2.27. The lowest BCUT2D eigenvalue weighted by Gasteiger charge is -2.49. The summed E-state index contributed by atoms with van der Waals surface area (Å²) in [6, 6.07) is -0.600. The third kappa shape index (κ3) is 11.6. The van der Waals surface area contributed by atoms with Crippen molar-refractivity contribution in [3.05, 3.63) is 0 Å². The fraction of sp³-hybridized carbons (Fsp3) is 0.976. The normalized spacial score (nSPS) is 46.9. The molecule has 0 aromatic carbocycles. The second-order valence-electron chi connectivity index (χ2n) is 18.2. The molecule has 330 valence electrons.